The summed E-state index contributed by atoms with van der Waals surface area (Å²) in [7, 11) is 0. The number of aromatic nitrogens is 6. The van der Waals surface area contributed by atoms with E-state index in [1.807, 2.05) is 18.2 Å². The minimum Gasteiger partial charge on any atom is -0.459 e. The van der Waals surface area contributed by atoms with Gasteiger partial charge in [0.15, 0.2) is 0 Å². The number of aryl methyl sites for hydroxylation is 1. The average molecular weight is 681 g/mol. The molecule has 8 heteroatoms. The Morgan fingerprint density at radius 1 is 0.820 bits per heavy atom. The quantitative estimate of drug-likeness (QED) is 0.0449. The molecular formula is C42H60N6O2. The van der Waals surface area contributed by atoms with E-state index < -0.39 is 0 Å². The van der Waals surface area contributed by atoms with Crippen molar-refractivity contribution in [2.45, 2.75) is 144 Å². The van der Waals surface area contributed by atoms with Gasteiger partial charge in [-0.05, 0) is 73.8 Å². The van der Waals surface area contributed by atoms with Crippen LogP contribution in [0.2, 0.25) is 0 Å². The molecule has 2 aromatic heterocycles. The van der Waals surface area contributed by atoms with Gasteiger partial charge >= 0.3 is 5.97 Å². The van der Waals surface area contributed by atoms with Crippen LogP contribution in [0.3, 0.4) is 0 Å². The maximum atomic E-state index is 13.5. The molecular weight excluding hydrogens is 621 g/mol. The van der Waals surface area contributed by atoms with Crippen LogP contribution in [0, 0.1) is 5.92 Å². The van der Waals surface area contributed by atoms with Crippen LogP contribution in [-0.4, -0.2) is 36.1 Å². The van der Waals surface area contributed by atoms with Gasteiger partial charge in [0.1, 0.15) is 12.4 Å². The van der Waals surface area contributed by atoms with Gasteiger partial charge in [-0.1, -0.05) is 126 Å². The van der Waals surface area contributed by atoms with Crippen LogP contribution in [0.5, 0.6) is 0 Å². The summed E-state index contributed by atoms with van der Waals surface area (Å²) in [6.07, 6.45) is 22.3. The summed E-state index contributed by atoms with van der Waals surface area (Å²) in [5.74, 6) is 1.52. The minimum absolute atomic E-state index is 0.0543. The molecule has 0 aliphatic carbocycles. The van der Waals surface area contributed by atoms with E-state index in [0.29, 0.717) is 12.2 Å². The summed E-state index contributed by atoms with van der Waals surface area (Å²) in [5.41, 5.74) is 6.23. The van der Waals surface area contributed by atoms with Gasteiger partial charge in [0.25, 0.3) is 0 Å². The number of ether oxygens (including phenoxy) is 1. The van der Waals surface area contributed by atoms with E-state index in [1.165, 1.54) is 44.9 Å². The first-order valence-electron chi connectivity index (χ1n) is 19.4. The van der Waals surface area contributed by atoms with Gasteiger partial charge in [-0.15, -0.1) is 10.2 Å². The van der Waals surface area contributed by atoms with Crippen molar-refractivity contribution in [3.63, 3.8) is 0 Å². The largest absolute Gasteiger partial charge is 0.459 e. The molecule has 0 saturated carbocycles. The van der Waals surface area contributed by atoms with Gasteiger partial charge in [0.2, 0.25) is 5.82 Å². The number of hydrogen-bond donors (Lipinski definition) is 1. The number of aromatic amines is 1. The molecule has 0 amide bonds. The van der Waals surface area contributed by atoms with Crippen molar-refractivity contribution in [3.05, 3.63) is 83.5 Å². The Kier molecular flexibility index (Phi) is 17.0. The molecule has 50 heavy (non-hydrogen) atoms. The van der Waals surface area contributed by atoms with Crippen LogP contribution in [-0.2, 0) is 35.5 Å². The summed E-state index contributed by atoms with van der Waals surface area (Å²) in [6, 6.07) is 16.7. The van der Waals surface area contributed by atoms with E-state index in [4.69, 9.17) is 9.72 Å². The number of carbonyl (C=O) groups excluding carboxylic acids is 1. The number of nitrogens with zero attached hydrogens (tertiary/aromatic N) is 5. The molecule has 270 valence electrons. The number of hydrogen-bond acceptors (Lipinski definition) is 6. The second-order valence-corrected chi connectivity index (χ2v) is 13.5. The Labute approximate surface area is 300 Å². The number of unbranched alkanes of at least 4 members (excludes halogenated alkanes) is 8. The van der Waals surface area contributed by atoms with Gasteiger partial charge in [0, 0.05) is 24.9 Å². The Balaban J connectivity index is 1.39. The summed E-state index contributed by atoms with van der Waals surface area (Å²) in [5, 5.41) is 14.7. The lowest BCUT2D eigenvalue weighted by Gasteiger charge is -2.17. The Morgan fingerprint density at radius 2 is 1.52 bits per heavy atom. The summed E-state index contributed by atoms with van der Waals surface area (Å²) in [4.78, 5) is 18.7. The van der Waals surface area contributed by atoms with Crippen molar-refractivity contribution in [1.29, 1.82) is 0 Å². The van der Waals surface area contributed by atoms with Crippen LogP contribution in [0.1, 0.15) is 140 Å². The van der Waals surface area contributed by atoms with Crippen molar-refractivity contribution >= 4 is 5.97 Å². The molecule has 4 rings (SSSR count). The zero-order valence-electron chi connectivity index (χ0n) is 31.1. The predicted molar refractivity (Wildman–Crippen MR) is 204 cm³/mol. The fourth-order valence-electron chi connectivity index (χ4n) is 6.73. The highest BCUT2D eigenvalue weighted by molar-refractivity contribution is 5.80. The van der Waals surface area contributed by atoms with Crippen LogP contribution < -0.4 is 0 Å². The van der Waals surface area contributed by atoms with E-state index in [-0.39, 0.29) is 18.5 Å². The first kappa shape index (κ1) is 38.7. The number of allylic oxidation sites excluding steroid dienone is 2. The van der Waals surface area contributed by atoms with Gasteiger partial charge < -0.3 is 9.30 Å². The lowest BCUT2D eigenvalue weighted by Crippen LogP contribution is -2.19. The topological polar surface area (TPSA) is 98.6 Å². The molecule has 0 bridgehead atoms. The monoisotopic (exact) mass is 680 g/mol. The Hall–Kier alpha value is -4.07. The molecule has 0 aliphatic rings. The maximum absolute atomic E-state index is 13.5. The molecule has 2 heterocycles. The average Bonchev–Trinajstić information content (AvgIpc) is 3.79. The van der Waals surface area contributed by atoms with Crippen molar-refractivity contribution in [3.8, 4) is 22.5 Å². The number of imidazole rings is 1. The van der Waals surface area contributed by atoms with Crippen LogP contribution in [0.25, 0.3) is 22.5 Å². The normalized spacial score (nSPS) is 12.2. The number of tetrazole rings is 1. The maximum Gasteiger partial charge on any atom is 0.309 e. The smallest absolute Gasteiger partial charge is 0.309 e. The molecule has 1 unspecified atom stereocenters. The molecule has 0 spiro atoms. The summed E-state index contributed by atoms with van der Waals surface area (Å²) >= 11 is 0. The van der Waals surface area contributed by atoms with Crippen LogP contribution in [0.4, 0.5) is 0 Å². The zero-order chi connectivity index (χ0) is 35.4. The predicted octanol–water partition coefficient (Wildman–Crippen LogP) is 10.6. The van der Waals surface area contributed by atoms with Crippen LogP contribution >= 0.6 is 0 Å². The highest BCUT2D eigenvalue weighted by atomic mass is 16.5. The number of carbonyl (C=O) groups is 1. The highest BCUT2D eigenvalue weighted by Gasteiger charge is 2.22. The van der Waals surface area contributed by atoms with Crippen molar-refractivity contribution < 1.29 is 9.53 Å². The van der Waals surface area contributed by atoms with Crippen molar-refractivity contribution in [2.75, 3.05) is 0 Å². The fourth-order valence-corrected chi connectivity index (χ4v) is 6.73. The van der Waals surface area contributed by atoms with Gasteiger partial charge in [-0.2, -0.15) is 5.21 Å². The number of rotatable bonds is 24. The lowest BCUT2D eigenvalue weighted by molar-refractivity contribution is -0.150. The van der Waals surface area contributed by atoms with Gasteiger partial charge in [-0.25, -0.2) is 4.98 Å². The second-order valence-electron chi connectivity index (χ2n) is 13.5. The SMILES string of the molecule is CCCCCCCCC=CCCCC(CCCC)C(=O)OCc1c(Cc2ccc(-c3ccccc3-c3nn[nH]n3)cc2)nc(CCC)n1CC. The first-order valence-corrected chi connectivity index (χ1v) is 19.4. The fraction of sp³-hybridized carbons (Fsp3) is 0.548. The van der Waals surface area contributed by atoms with E-state index in [1.54, 1.807) is 0 Å². The number of H-pyrrole nitrogens is 1. The molecule has 2 aromatic carbocycles. The first-order chi connectivity index (χ1) is 24.6. The molecule has 0 aliphatic heterocycles. The summed E-state index contributed by atoms with van der Waals surface area (Å²) < 4.78 is 8.40. The Morgan fingerprint density at radius 3 is 2.22 bits per heavy atom. The van der Waals surface area contributed by atoms with Crippen molar-refractivity contribution in [1.82, 2.24) is 30.2 Å². The van der Waals surface area contributed by atoms with E-state index in [0.717, 1.165) is 97.4 Å². The standard InChI is InChI=1S/C42H60N6O2/c1-5-9-11-12-13-14-15-16-17-18-19-24-35(23-10-6-2)42(49)50-32-39-38(43-40(22-7-3)48(39)8-4)31-33-27-29-34(30-28-33)36-25-20-21-26-37(36)41-44-46-47-45-41/h16-17,20-21,25-30,35H,5-15,18-19,22-24,31-32H2,1-4H3,(H,44,45,46,47). The number of nitrogens with one attached hydrogen (secondary N) is 1. The lowest BCUT2D eigenvalue weighted by atomic mass is 9.96. The van der Waals surface area contributed by atoms with Crippen LogP contribution in [0.15, 0.2) is 60.7 Å². The summed E-state index contributed by atoms with van der Waals surface area (Å²) in [6.45, 7) is 9.84. The van der Waals surface area contributed by atoms with Gasteiger partial charge in [-0.3, -0.25) is 4.79 Å². The molecule has 1 atom stereocenters. The number of esters is 1. The van der Waals surface area contributed by atoms with Gasteiger partial charge in [0.05, 0.1) is 17.3 Å². The zero-order valence-corrected chi connectivity index (χ0v) is 31.1. The second kappa shape index (κ2) is 21.9. The molecule has 1 N–H and O–H groups in total. The minimum atomic E-state index is -0.0639. The van der Waals surface area contributed by atoms with Crippen molar-refractivity contribution in [2.24, 2.45) is 5.92 Å². The number of benzene rings is 2. The molecule has 8 nitrogen and oxygen atoms in total. The molecule has 0 saturated heterocycles. The van der Waals surface area contributed by atoms with E-state index in [2.05, 4.69) is 95.4 Å². The third kappa shape index (κ3) is 11.8. The molecule has 0 fully saturated rings. The third-order valence-corrected chi connectivity index (χ3v) is 9.58. The molecule has 4 aromatic rings. The highest BCUT2D eigenvalue weighted by Crippen LogP contribution is 2.30. The molecule has 0 radical (unpaired) electrons. The Bertz CT molecular complexity index is 1560. The van der Waals surface area contributed by atoms with E-state index >= 15 is 0 Å². The van der Waals surface area contributed by atoms with E-state index in [9.17, 15) is 4.79 Å². The third-order valence-electron chi connectivity index (χ3n) is 9.58.